The van der Waals surface area contributed by atoms with Gasteiger partial charge in [-0.05, 0) is 56.7 Å². The molecule has 0 saturated heterocycles. The smallest absolute Gasteiger partial charge is 0.199 e. The van der Waals surface area contributed by atoms with Crippen LogP contribution in [0.1, 0.15) is 62.5 Å². The van der Waals surface area contributed by atoms with Crippen LogP contribution in [0.4, 0.5) is 0 Å². The van der Waals surface area contributed by atoms with E-state index in [2.05, 4.69) is 11.0 Å². The van der Waals surface area contributed by atoms with Crippen molar-refractivity contribution in [1.29, 1.82) is 0 Å². The molecule has 23 heavy (non-hydrogen) atoms. The second-order valence-electron chi connectivity index (χ2n) is 6.02. The summed E-state index contributed by atoms with van der Waals surface area (Å²) in [6.45, 7) is 7.40. The molecular formula is C19H29NO2S. The number of hydrogen-bond acceptors (Lipinski definition) is 2. The lowest BCUT2D eigenvalue weighted by Crippen LogP contribution is -2.00. The minimum absolute atomic E-state index is 0.316. The van der Waals surface area contributed by atoms with Crippen molar-refractivity contribution >= 4 is 16.2 Å². The van der Waals surface area contributed by atoms with Gasteiger partial charge in [0.25, 0.3) is 10.0 Å². The molecule has 0 aliphatic heterocycles. The number of allylic oxidation sites excluding steroid dienone is 1. The molecule has 0 aliphatic carbocycles. The summed E-state index contributed by atoms with van der Waals surface area (Å²) in [5, 5.41) is 0. The molecule has 1 rings (SSSR count). The Morgan fingerprint density at radius 3 is 2.26 bits per heavy atom. The van der Waals surface area contributed by atoms with E-state index in [1.54, 1.807) is 19.2 Å². The van der Waals surface area contributed by atoms with Crippen LogP contribution in [0, 0.1) is 13.8 Å². The van der Waals surface area contributed by atoms with Gasteiger partial charge in [-0.15, -0.1) is 6.58 Å². The normalized spacial score (nSPS) is 11.9. The molecule has 0 amide bonds. The molecule has 0 bridgehead atoms. The summed E-state index contributed by atoms with van der Waals surface area (Å²) < 4.78 is 28.3. The summed E-state index contributed by atoms with van der Waals surface area (Å²) in [6.07, 6.45) is 12.4. The quantitative estimate of drug-likeness (QED) is 0.310. The monoisotopic (exact) mass is 335 g/mol. The molecule has 3 nitrogen and oxygen atoms in total. The third-order valence-electron chi connectivity index (χ3n) is 3.83. The van der Waals surface area contributed by atoms with E-state index in [0.29, 0.717) is 4.90 Å². The van der Waals surface area contributed by atoms with Crippen molar-refractivity contribution in [3.05, 3.63) is 42.0 Å². The fraction of sp³-hybridized carbons (Fsp3) is 0.526. The molecule has 0 radical (unpaired) electrons. The van der Waals surface area contributed by atoms with E-state index in [1.165, 1.54) is 25.7 Å². The fourth-order valence-corrected chi connectivity index (χ4v) is 3.65. The molecule has 0 heterocycles. The van der Waals surface area contributed by atoms with Gasteiger partial charge in [0.15, 0.2) is 0 Å². The number of benzene rings is 1. The van der Waals surface area contributed by atoms with Gasteiger partial charge >= 0.3 is 0 Å². The van der Waals surface area contributed by atoms with Crippen LogP contribution >= 0.6 is 0 Å². The summed E-state index contributed by atoms with van der Waals surface area (Å²) in [4.78, 5) is 0.316. The molecule has 0 saturated carbocycles. The number of unbranched alkanes of at least 4 members (excludes halogenated alkanes) is 7. The number of aryl methyl sites for hydroxylation is 2. The van der Waals surface area contributed by atoms with Crippen LogP contribution in [-0.2, 0) is 10.0 Å². The second kappa shape index (κ2) is 10.4. The molecule has 1 aromatic carbocycles. The Morgan fingerprint density at radius 1 is 1.00 bits per heavy atom. The van der Waals surface area contributed by atoms with Crippen molar-refractivity contribution in [3.63, 3.8) is 0 Å². The average Bonchev–Trinajstić information content (AvgIpc) is 2.51. The van der Waals surface area contributed by atoms with Crippen molar-refractivity contribution in [3.8, 4) is 0 Å². The Hall–Kier alpha value is -1.42. The van der Waals surface area contributed by atoms with Crippen LogP contribution in [0.15, 0.2) is 40.1 Å². The van der Waals surface area contributed by atoms with E-state index >= 15 is 0 Å². The second-order valence-corrected chi connectivity index (χ2v) is 7.62. The number of nitrogens with zero attached hydrogens (tertiary/aromatic N) is 1. The molecule has 0 unspecified atom stereocenters. The van der Waals surface area contributed by atoms with Gasteiger partial charge < -0.3 is 0 Å². The van der Waals surface area contributed by atoms with Crippen molar-refractivity contribution in [2.75, 3.05) is 0 Å². The molecule has 0 spiro atoms. The van der Waals surface area contributed by atoms with Crippen LogP contribution in [-0.4, -0.2) is 14.6 Å². The van der Waals surface area contributed by atoms with Gasteiger partial charge in [-0.1, -0.05) is 43.9 Å². The lowest BCUT2D eigenvalue weighted by Gasteiger charge is -2.04. The molecule has 128 valence electrons. The molecule has 4 heteroatoms. The molecule has 1 aromatic rings. The first-order chi connectivity index (χ1) is 11.0. The lowest BCUT2D eigenvalue weighted by atomic mass is 10.1. The zero-order chi connectivity index (χ0) is 17.1. The first-order valence-electron chi connectivity index (χ1n) is 8.44. The maximum Gasteiger partial charge on any atom is 0.282 e. The van der Waals surface area contributed by atoms with Crippen LogP contribution in [0.2, 0.25) is 0 Å². The molecule has 0 atom stereocenters. The van der Waals surface area contributed by atoms with Gasteiger partial charge in [0, 0.05) is 6.21 Å². The summed E-state index contributed by atoms with van der Waals surface area (Å²) in [5.41, 5.74) is 1.67. The lowest BCUT2D eigenvalue weighted by molar-refractivity contribution is 0.596. The summed E-state index contributed by atoms with van der Waals surface area (Å²) in [6, 6.07) is 5.42. The third-order valence-corrected chi connectivity index (χ3v) is 5.25. The van der Waals surface area contributed by atoms with E-state index < -0.39 is 10.0 Å². The van der Waals surface area contributed by atoms with Gasteiger partial charge in [0.05, 0.1) is 4.90 Å². The maximum absolute atomic E-state index is 12.2. The number of rotatable bonds is 11. The van der Waals surface area contributed by atoms with E-state index in [0.717, 1.165) is 36.8 Å². The van der Waals surface area contributed by atoms with Crippen molar-refractivity contribution < 1.29 is 8.42 Å². The van der Waals surface area contributed by atoms with Crippen molar-refractivity contribution in [1.82, 2.24) is 0 Å². The highest BCUT2D eigenvalue weighted by Crippen LogP contribution is 2.19. The molecule has 0 aliphatic rings. The standard InChI is InChI=1S/C19H29NO2S/c1-4-5-6-7-8-9-10-11-12-15-20-23(21,22)19-16-17(2)13-14-18(19)3/h4,13-16H,1,5-12H2,2-3H3/b20-15+. The Balaban J connectivity index is 2.34. The van der Waals surface area contributed by atoms with Gasteiger partial charge in [0.2, 0.25) is 0 Å². The van der Waals surface area contributed by atoms with Gasteiger partial charge in [-0.3, -0.25) is 0 Å². The number of sulfonamides is 1. The molecule has 0 N–H and O–H groups in total. The van der Waals surface area contributed by atoms with Crippen LogP contribution in [0.5, 0.6) is 0 Å². The summed E-state index contributed by atoms with van der Waals surface area (Å²) >= 11 is 0. The van der Waals surface area contributed by atoms with E-state index in [4.69, 9.17) is 0 Å². The predicted octanol–water partition coefficient (Wildman–Crippen LogP) is 5.37. The summed E-state index contributed by atoms with van der Waals surface area (Å²) in [7, 11) is -3.56. The number of hydrogen-bond donors (Lipinski definition) is 0. The maximum atomic E-state index is 12.2. The molecular weight excluding hydrogens is 306 g/mol. The van der Waals surface area contributed by atoms with Gasteiger partial charge in [-0.25, -0.2) is 0 Å². The SMILES string of the molecule is C=CCCCCCCCC/C=N/S(=O)(=O)c1cc(C)ccc1C. The van der Waals surface area contributed by atoms with Crippen molar-refractivity contribution in [2.24, 2.45) is 4.40 Å². The largest absolute Gasteiger partial charge is 0.282 e. The van der Waals surface area contributed by atoms with E-state index in [1.807, 2.05) is 25.1 Å². The summed E-state index contributed by atoms with van der Waals surface area (Å²) in [5.74, 6) is 0. The zero-order valence-corrected chi connectivity index (χ0v) is 15.2. The van der Waals surface area contributed by atoms with Crippen LogP contribution < -0.4 is 0 Å². The minimum atomic E-state index is -3.56. The van der Waals surface area contributed by atoms with E-state index in [9.17, 15) is 8.42 Å². The zero-order valence-electron chi connectivity index (χ0n) is 14.4. The minimum Gasteiger partial charge on any atom is -0.199 e. The van der Waals surface area contributed by atoms with E-state index in [-0.39, 0.29) is 0 Å². The van der Waals surface area contributed by atoms with Gasteiger partial charge in [0.1, 0.15) is 0 Å². The Labute approximate surface area is 141 Å². The highest BCUT2D eigenvalue weighted by molar-refractivity contribution is 7.90. The first kappa shape index (κ1) is 19.6. The Morgan fingerprint density at radius 2 is 1.61 bits per heavy atom. The average molecular weight is 336 g/mol. The van der Waals surface area contributed by atoms with Gasteiger partial charge in [-0.2, -0.15) is 12.8 Å². The van der Waals surface area contributed by atoms with Crippen molar-refractivity contribution in [2.45, 2.75) is 70.1 Å². The highest BCUT2D eigenvalue weighted by atomic mass is 32.2. The topological polar surface area (TPSA) is 46.5 Å². The Bertz CT molecular complexity index is 618. The first-order valence-corrected chi connectivity index (χ1v) is 9.88. The Kier molecular flexibility index (Phi) is 8.85. The predicted molar refractivity (Wildman–Crippen MR) is 98.7 cm³/mol. The molecule has 0 fully saturated rings. The van der Waals surface area contributed by atoms with Crippen LogP contribution in [0.25, 0.3) is 0 Å². The highest BCUT2D eigenvalue weighted by Gasteiger charge is 2.14. The fourth-order valence-electron chi connectivity index (χ4n) is 2.42. The van der Waals surface area contributed by atoms with Crippen LogP contribution in [0.3, 0.4) is 0 Å². The molecule has 0 aromatic heterocycles. The third kappa shape index (κ3) is 7.60.